The number of amides is 1. The summed E-state index contributed by atoms with van der Waals surface area (Å²) in [5, 5.41) is 0. The van der Waals surface area contributed by atoms with Crippen LogP contribution in [0.4, 0.5) is 0 Å². The fraction of sp³-hybridized carbons (Fsp3) is 0.500. The van der Waals surface area contributed by atoms with E-state index in [9.17, 15) is 4.79 Å². The molecule has 0 fully saturated rings. The second-order valence-electron chi connectivity index (χ2n) is 4.86. The van der Waals surface area contributed by atoms with E-state index in [1.54, 1.807) is 7.11 Å². The first-order valence-electron chi connectivity index (χ1n) is 6.12. The lowest BCUT2D eigenvalue weighted by Gasteiger charge is -2.19. The monoisotopic (exact) mass is 250 g/mol. The first-order chi connectivity index (χ1) is 8.43. The first kappa shape index (κ1) is 14.5. The summed E-state index contributed by atoms with van der Waals surface area (Å²) in [6.45, 7) is 4.00. The van der Waals surface area contributed by atoms with Crippen LogP contribution in [0, 0.1) is 12.8 Å². The highest BCUT2D eigenvalue weighted by Crippen LogP contribution is 2.29. The van der Waals surface area contributed by atoms with Crippen LogP contribution in [-0.4, -0.2) is 13.0 Å². The van der Waals surface area contributed by atoms with Crippen LogP contribution < -0.4 is 16.2 Å². The van der Waals surface area contributed by atoms with Crippen LogP contribution in [-0.2, 0) is 4.79 Å². The molecule has 0 bridgehead atoms. The summed E-state index contributed by atoms with van der Waals surface area (Å²) in [6, 6.07) is 5.79. The average molecular weight is 250 g/mol. The molecule has 1 aromatic carbocycles. The molecule has 0 heterocycles. The normalized spacial score (nSPS) is 14.0. The van der Waals surface area contributed by atoms with Crippen LogP contribution in [0.15, 0.2) is 18.2 Å². The van der Waals surface area contributed by atoms with Crippen molar-refractivity contribution in [3.8, 4) is 5.75 Å². The molecule has 1 rings (SSSR count). The third-order valence-corrected chi connectivity index (χ3v) is 2.99. The quantitative estimate of drug-likeness (QED) is 0.809. The van der Waals surface area contributed by atoms with E-state index < -0.39 is 0 Å². The molecule has 0 aliphatic carbocycles. The van der Waals surface area contributed by atoms with Gasteiger partial charge in [0.25, 0.3) is 0 Å². The fourth-order valence-electron chi connectivity index (χ4n) is 2.13. The highest BCUT2D eigenvalue weighted by Gasteiger charge is 2.16. The maximum absolute atomic E-state index is 10.9. The van der Waals surface area contributed by atoms with E-state index in [0.29, 0.717) is 12.8 Å². The highest BCUT2D eigenvalue weighted by molar-refractivity contribution is 5.73. The minimum atomic E-state index is -0.286. The summed E-state index contributed by atoms with van der Waals surface area (Å²) >= 11 is 0. The van der Waals surface area contributed by atoms with Gasteiger partial charge in [-0.1, -0.05) is 24.6 Å². The maximum atomic E-state index is 10.9. The van der Waals surface area contributed by atoms with Gasteiger partial charge in [-0.3, -0.25) is 4.79 Å². The predicted octanol–water partition coefficient (Wildman–Crippen LogP) is 1.91. The Labute approximate surface area is 108 Å². The number of hydrogen-bond donors (Lipinski definition) is 2. The smallest absolute Gasteiger partial charge is 0.217 e. The lowest BCUT2D eigenvalue weighted by atomic mass is 9.93. The minimum absolute atomic E-state index is 0.144. The molecule has 100 valence electrons. The molecular weight excluding hydrogens is 228 g/mol. The molecule has 1 amide bonds. The minimum Gasteiger partial charge on any atom is -0.496 e. The molecule has 0 aliphatic heterocycles. The number of primary amides is 1. The largest absolute Gasteiger partial charge is 0.496 e. The molecule has 18 heavy (non-hydrogen) atoms. The Hall–Kier alpha value is -1.55. The number of aryl methyl sites for hydroxylation is 1. The van der Waals surface area contributed by atoms with Crippen molar-refractivity contribution in [2.24, 2.45) is 17.4 Å². The number of carbonyl (C=O) groups excluding carboxylic acids is 1. The Bertz CT molecular complexity index is 418. The van der Waals surface area contributed by atoms with Crippen molar-refractivity contribution in [3.63, 3.8) is 0 Å². The van der Waals surface area contributed by atoms with Crippen LogP contribution in [0.3, 0.4) is 0 Å². The molecule has 0 radical (unpaired) electrons. The van der Waals surface area contributed by atoms with Crippen LogP contribution in [0.5, 0.6) is 5.75 Å². The van der Waals surface area contributed by atoms with Crippen molar-refractivity contribution >= 4 is 5.91 Å². The molecule has 1 aromatic rings. The number of hydrogen-bond acceptors (Lipinski definition) is 3. The van der Waals surface area contributed by atoms with Crippen LogP contribution in [0.25, 0.3) is 0 Å². The second-order valence-corrected chi connectivity index (χ2v) is 4.86. The SMILES string of the molecule is COc1ccc(C)cc1C(N)CC(C)CC(N)=O. The predicted molar refractivity (Wildman–Crippen MR) is 72.3 cm³/mol. The number of ether oxygens (including phenoxy) is 1. The van der Waals surface area contributed by atoms with Gasteiger partial charge in [0, 0.05) is 18.0 Å². The third-order valence-electron chi connectivity index (χ3n) is 2.99. The van der Waals surface area contributed by atoms with Gasteiger partial charge in [-0.15, -0.1) is 0 Å². The van der Waals surface area contributed by atoms with Crippen molar-refractivity contribution in [2.45, 2.75) is 32.7 Å². The van der Waals surface area contributed by atoms with Crippen molar-refractivity contribution < 1.29 is 9.53 Å². The molecule has 4 nitrogen and oxygen atoms in total. The zero-order chi connectivity index (χ0) is 13.7. The lowest BCUT2D eigenvalue weighted by molar-refractivity contribution is -0.118. The molecule has 0 aromatic heterocycles. The van der Waals surface area contributed by atoms with Gasteiger partial charge < -0.3 is 16.2 Å². The summed E-state index contributed by atoms with van der Waals surface area (Å²) in [7, 11) is 1.63. The Morgan fingerprint density at radius 3 is 2.67 bits per heavy atom. The number of methoxy groups -OCH3 is 1. The zero-order valence-corrected chi connectivity index (χ0v) is 11.3. The molecule has 2 unspecified atom stereocenters. The van der Waals surface area contributed by atoms with Gasteiger partial charge in [0.2, 0.25) is 5.91 Å². The van der Waals surface area contributed by atoms with Crippen LogP contribution in [0.1, 0.15) is 36.9 Å². The topological polar surface area (TPSA) is 78.3 Å². The van der Waals surface area contributed by atoms with E-state index in [1.165, 1.54) is 0 Å². The van der Waals surface area contributed by atoms with E-state index in [0.717, 1.165) is 16.9 Å². The van der Waals surface area contributed by atoms with Gasteiger partial charge in [-0.2, -0.15) is 0 Å². The highest BCUT2D eigenvalue weighted by atomic mass is 16.5. The number of benzene rings is 1. The van der Waals surface area contributed by atoms with Gasteiger partial charge in [0.05, 0.1) is 7.11 Å². The standard InChI is InChI=1S/C14H22N2O2/c1-9-4-5-13(18-3)11(6-9)12(15)7-10(2)8-14(16)17/h4-6,10,12H,7-8,15H2,1-3H3,(H2,16,17). The Morgan fingerprint density at radius 2 is 2.11 bits per heavy atom. The van der Waals surface area contributed by atoms with Crippen LogP contribution in [0.2, 0.25) is 0 Å². The molecule has 4 N–H and O–H groups in total. The van der Waals surface area contributed by atoms with E-state index >= 15 is 0 Å². The van der Waals surface area contributed by atoms with Gasteiger partial charge >= 0.3 is 0 Å². The van der Waals surface area contributed by atoms with Gasteiger partial charge in [-0.05, 0) is 25.3 Å². The van der Waals surface area contributed by atoms with E-state index in [2.05, 4.69) is 0 Å². The van der Waals surface area contributed by atoms with E-state index in [4.69, 9.17) is 16.2 Å². The molecule has 0 saturated heterocycles. The molecule has 0 saturated carbocycles. The zero-order valence-electron chi connectivity index (χ0n) is 11.3. The molecule has 4 heteroatoms. The molecule has 0 aliphatic rings. The Kier molecular flexibility index (Phi) is 5.16. The average Bonchev–Trinajstić information content (AvgIpc) is 2.27. The molecular formula is C14H22N2O2. The summed E-state index contributed by atoms with van der Waals surface area (Å²) < 4.78 is 5.31. The fourth-order valence-corrected chi connectivity index (χ4v) is 2.13. The summed E-state index contributed by atoms with van der Waals surface area (Å²) in [4.78, 5) is 10.9. The second kappa shape index (κ2) is 6.40. The third kappa shape index (κ3) is 4.04. The Morgan fingerprint density at radius 1 is 1.44 bits per heavy atom. The maximum Gasteiger partial charge on any atom is 0.217 e. The van der Waals surface area contributed by atoms with E-state index in [1.807, 2.05) is 32.0 Å². The summed E-state index contributed by atoms with van der Waals surface area (Å²) in [5.41, 5.74) is 13.5. The first-order valence-corrected chi connectivity index (χ1v) is 6.12. The molecule has 0 spiro atoms. The van der Waals surface area contributed by atoms with E-state index in [-0.39, 0.29) is 17.9 Å². The number of nitrogens with two attached hydrogens (primary N) is 2. The van der Waals surface area contributed by atoms with Crippen molar-refractivity contribution in [3.05, 3.63) is 29.3 Å². The summed E-state index contributed by atoms with van der Waals surface area (Å²) in [6.07, 6.45) is 1.07. The van der Waals surface area contributed by atoms with Gasteiger partial charge in [-0.25, -0.2) is 0 Å². The summed E-state index contributed by atoms with van der Waals surface area (Å²) in [5.74, 6) is 0.674. The lowest BCUT2D eigenvalue weighted by Crippen LogP contribution is -2.20. The Balaban J connectivity index is 2.79. The van der Waals surface area contributed by atoms with Gasteiger partial charge in [0.15, 0.2) is 0 Å². The number of rotatable bonds is 6. The van der Waals surface area contributed by atoms with Crippen molar-refractivity contribution in [1.82, 2.24) is 0 Å². The van der Waals surface area contributed by atoms with Crippen molar-refractivity contribution in [2.75, 3.05) is 7.11 Å². The van der Waals surface area contributed by atoms with Crippen LogP contribution >= 0.6 is 0 Å². The molecule has 2 atom stereocenters. The number of carbonyl (C=O) groups is 1. The van der Waals surface area contributed by atoms with Crippen molar-refractivity contribution in [1.29, 1.82) is 0 Å². The van der Waals surface area contributed by atoms with Gasteiger partial charge in [0.1, 0.15) is 5.75 Å².